The van der Waals surface area contributed by atoms with Crippen LogP contribution in [0.15, 0.2) is 18.2 Å². The van der Waals surface area contributed by atoms with E-state index in [1.807, 2.05) is 13.0 Å². The Morgan fingerprint density at radius 2 is 2.00 bits per heavy atom. The van der Waals surface area contributed by atoms with Gasteiger partial charge in [-0.05, 0) is 45.9 Å². The largest absolute Gasteiger partial charge is 0.383 e. The van der Waals surface area contributed by atoms with Crippen molar-refractivity contribution >= 4 is 5.69 Å². The van der Waals surface area contributed by atoms with Gasteiger partial charge in [0, 0.05) is 37.0 Å². The first-order chi connectivity index (χ1) is 10.0. The molecule has 0 bridgehead atoms. The van der Waals surface area contributed by atoms with Gasteiger partial charge in [-0.25, -0.2) is 4.39 Å². The topological polar surface area (TPSA) is 24.5 Å². The van der Waals surface area contributed by atoms with Gasteiger partial charge in [0.05, 0.1) is 6.61 Å². The number of hydrogen-bond acceptors (Lipinski definition) is 3. The Hall–Kier alpha value is -1.13. The molecule has 0 aliphatic rings. The Kier molecular flexibility index (Phi) is 7.68. The molecule has 0 heterocycles. The summed E-state index contributed by atoms with van der Waals surface area (Å²) in [5.74, 6) is -0.147. The van der Waals surface area contributed by atoms with Gasteiger partial charge in [0.25, 0.3) is 0 Å². The van der Waals surface area contributed by atoms with Gasteiger partial charge < -0.3 is 15.0 Å². The summed E-state index contributed by atoms with van der Waals surface area (Å²) in [6.45, 7) is 10.6. The zero-order chi connectivity index (χ0) is 15.8. The van der Waals surface area contributed by atoms with Crippen LogP contribution in [0.3, 0.4) is 0 Å². The normalized spacial score (nSPS) is 12.7. The van der Waals surface area contributed by atoms with Crippen molar-refractivity contribution in [1.82, 2.24) is 5.32 Å². The van der Waals surface area contributed by atoms with Crippen molar-refractivity contribution in [3.8, 4) is 0 Å². The molecule has 120 valence electrons. The van der Waals surface area contributed by atoms with Crippen LogP contribution < -0.4 is 10.2 Å². The minimum atomic E-state index is -0.147. The molecule has 1 unspecified atom stereocenters. The molecule has 0 saturated heterocycles. The zero-order valence-electron chi connectivity index (χ0n) is 13.9. The molecule has 1 N–H and O–H groups in total. The van der Waals surface area contributed by atoms with Crippen LogP contribution in [0.25, 0.3) is 0 Å². The van der Waals surface area contributed by atoms with Crippen LogP contribution in [0, 0.1) is 5.82 Å². The maximum atomic E-state index is 14.4. The van der Waals surface area contributed by atoms with Gasteiger partial charge in [-0.15, -0.1) is 0 Å². The average Bonchev–Trinajstić information content (AvgIpc) is 2.45. The molecule has 21 heavy (non-hydrogen) atoms. The molecule has 1 atom stereocenters. The number of ether oxygens (including phenoxy) is 1. The van der Waals surface area contributed by atoms with Crippen LogP contribution >= 0.6 is 0 Å². The summed E-state index contributed by atoms with van der Waals surface area (Å²) < 4.78 is 19.6. The summed E-state index contributed by atoms with van der Waals surface area (Å²) in [5.41, 5.74) is 1.70. The average molecular weight is 296 g/mol. The van der Waals surface area contributed by atoms with Crippen molar-refractivity contribution in [3.05, 3.63) is 29.6 Å². The molecule has 1 aromatic rings. The van der Waals surface area contributed by atoms with E-state index in [2.05, 4.69) is 31.0 Å². The Bertz CT molecular complexity index is 423. The van der Waals surface area contributed by atoms with Crippen molar-refractivity contribution in [3.63, 3.8) is 0 Å². The molecule has 1 rings (SSSR count). The van der Waals surface area contributed by atoms with Crippen LogP contribution in [0.4, 0.5) is 10.1 Å². The molecular weight excluding hydrogens is 267 g/mol. The van der Waals surface area contributed by atoms with Crippen LogP contribution in [-0.4, -0.2) is 32.8 Å². The number of benzene rings is 1. The van der Waals surface area contributed by atoms with Gasteiger partial charge in [-0.3, -0.25) is 0 Å². The number of halogens is 1. The number of anilines is 1. The molecule has 3 nitrogen and oxygen atoms in total. The lowest BCUT2D eigenvalue weighted by Gasteiger charge is -2.32. The van der Waals surface area contributed by atoms with E-state index >= 15 is 0 Å². The quantitative estimate of drug-likeness (QED) is 0.751. The molecular formula is C17H29FN2O. The number of rotatable bonds is 9. The van der Waals surface area contributed by atoms with Gasteiger partial charge in [0.1, 0.15) is 5.82 Å². The van der Waals surface area contributed by atoms with Gasteiger partial charge in [-0.2, -0.15) is 0 Å². The van der Waals surface area contributed by atoms with Gasteiger partial charge in [0.2, 0.25) is 0 Å². The third kappa shape index (κ3) is 4.97. The fraction of sp³-hybridized carbons (Fsp3) is 0.647. The van der Waals surface area contributed by atoms with Crippen LogP contribution in [0.2, 0.25) is 0 Å². The van der Waals surface area contributed by atoms with E-state index in [1.54, 1.807) is 13.2 Å². The molecule has 0 saturated carbocycles. The lowest BCUT2D eigenvalue weighted by atomic mass is 10.0. The van der Waals surface area contributed by atoms with Crippen LogP contribution in [-0.2, 0) is 4.74 Å². The highest BCUT2D eigenvalue weighted by Crippen LogP contribution is 2.30. The standard InChI is InChI=1S/C17H29FN2O/c1-6-10-19-14(4)17-15(18)8-7-9-16(17)20(13(2)3)11-12-21-5/h7-9,13-14,19H,6,10-12H2,1-5H3. The Balaban J connectivity index is 3.11. The fourth-order valence-electron chi connectivity index (χ4n) is 2.51. The first-order valence-electron chi connectivity index (χ1n) is 7.80. The van der Waals surface area contributed by atoms with E-state index < -0.39 is 0 Å². The molecule has 0 aromatic heterocycles. The third-order valence-electron chi connectivity index (χ3n) is 3.63. The monoisotopic (exact) mass is 296 g/mol. The highest BCUT2D eigenvalue weighted by atomic mass is 19.1. The maximum Gasteiger partial charge on any atom is 0.130 e. The second kappa shape index (κ2) is 9.00. The number of nitrogens with one attached hydrogen (secondary N) is 1. The van der Waals surface area contributed by atoms with E-state index in [4.69, 9.17) is 4.74 Å². The lowest BCUT2D eigenvalue weighted by molar-refractivity contribution is 0.203. The summed E-state index contributed by atoms with van der Waals surface area (Å²) >= 11 is 0. The second-order valence-electron chi connectivity index (χ2n) is 5.63. The van der Waals surface area contributed by atoms with Gasteiger partial charge in [-0.1, -0.05) is 13.0 Å². The summed E-state index contributed by atoms with van der Waals surface area (Å²) in [5, 5.41) is 3.38. The first kappa shape index (κ1) is 17.9. The van der Waals surface area contributed by atoms with Crippen molar-refractivity contribution < 1.29 is 9.13 Å². The maximum absolute atomic E-state index is 14.4. The Labute approximate surface area is 128 Å². The number of nitrogens with zero attached hydrogens (tertiary/aromatic N) is 1. The number of methoxy groups -OCH3 is 1. The predicted octanol–water partition coefficient (Wildman–Crippen LogP) is 3.75. The van der Waals surface area contributed by atoms with Crippen LogP contribution in [0.1, 0.15) is 45.7 Å². The molecule has 1 aromatic carbocycles. The predicted molar refractivity (Wildman–Crippen MR) is 87.5 cm³/mol. The van der Waals surface area contributed by atoms with Crippen LogP contribution in [0.5, 0.6) is 0 Å². The molecule has 0 amide bonds. The van der Waals surface area contributed by atoms with E-state index in [9.17, 15) is 4.39 Å². The third-order valence-corrected chi connectivity index (χ3v) is 3.63. The Morgan fingerprint density at radius 1 is 1.29 bits per heavy atom. The highest BCUT2D eigenvalue weighted by Gasteiger charge is 2.20. The summed E-state index contributed by atoms with van der Waals surface area (Å²) in [4.78, 5) is 2.20. The smallest absolute Gasteiger partial charge is 0.130 e. The van der Waals surface area contributed by atoms with Crippen molar-refractivity contribution in [2.75, 3.05) is 31.7 Å². The van der Waals surface area contributed by atoms with E-state index in [1.165, 1.54) is 6.07 Å². The summed E-state index contributed by atoms with van der Waals surface area (Å²) in [6.07, 6.45) is 1.03. The summed E-state index contributed by atoms with van der Waals surface area (Å²) in [6, 6.07) is 5.60. The van der Waals surface area contributed by atoms with E-state index in [0.717, 1.165) is 30.8 Å². The van der Waals surface area contributed by atoms with Gasteiger partial charge in [0.15, 0.2) is 0 Å². The van der Waals surface area contributed by atoms with Gasteiger partial charge >= 0.3 is 0 Å². The van der Waals surface area contributed by atoms with Crippen molar-refractivity contribution in [2.24, 2.45) is 0 Å². The SMILES string of the molecule is CCCNC(C)c1c(F)cccc1N(CCOC)C(C)C. The fourth-order valence-corrected chi connectivity index (χ4v) is 2.51. The molecule has 0 spiro atoms. The molecule has 0 fully saturated rings. The number of hydrogen-bond donors (Lipinski definition) is 1. The minimum Gasteiger partial charge on any atom is -0.383 e. The minimum absolute atomic E-state index is 0.00931. The molecule has 0 aliphatic carbocycles. The molecule has 4 heteroatoms. The molecule has 0 aliphatic heterocycles. The highest BCUT2D eigenvalue weighted by molar-refractivity contribution is 5.56. The van der Waals surface area contributed by atoms with E-state index in [-0.39, 0.29) is 11.9 Å². The molecule has 0 radical (unpaired) electrons. The first-order valence-corrected chi connectivity index (χ1v) is 7.80. The Morgan fingerprint density at radius 3 is 2.57 bits per heavy atom. The van der Waals surface area contributed by atoms with Crippen molar-refractivity contribution in [2.45, 2.75) is 46.2 Å². The second-order valence-corrected chi connectivity index (χ2v) is 5.63. The zero-order valence-corrected chi connectivity index (χ0v) is 13.9. The van der Waals surface area contributed by atoms with E-state index in [0.29, 0.717) is 12.6 Å². The lowest BCUT2D eigenvalue weighted by Crippen LogP contribution is -2.35. The van der Waals surface area contributed by atoms with Crippen molar-refractivity contribution in [1.29, 1.82) is 0 Å². The summed E-state index contributed by atoms with van der Waals surface area (Å²) in [7, 11) is 1.69.